The SMILES string of the molecule is COc1cccc2ccc(N3CCc4c(sc5c4C(=O)N(C)CC(=O)N5C)C3)nc12. The molecule has 1 aromatic carbocycles. The van der Waals surface area contributed by atoms with Gasteiger partial charge in [-0.15, -0.1) is 11.3 Å². The van der Waals surface area contributed by atoms with Crippen LogP contribution in [0.25, 0.3) is 10.9 Å². The molecule has 2 aliphatic heterocycles. The number of methoxy groups -OCH3 is 1. The lowest BCUT2D eigenvalue weighted by atomic mass is 10.0. The maximum absolute atomic E-state index is 12.9. The molecule has 2 amide bonds. The van der Waals surface area contributed by atoms with E-state index in [2.05, 4.69) is 11.0 Å². The van der Waals surface area contributed by atoms with Crippen LogP contribution in [-0.2, 0) is 17.8 Å². The molecule has 0 bridgehead atoms. The van der Waals surface area contributed by atoms with Crippen molar-refractivity contribution in [2.24, 2.45) is 0 Å². The number of likely N-dealkylation sites (N-methyl/N-ethyl adjacent to an activating group) is 2. The number of pyridine rings is 1. The van der Waals surface area contributed by atoms with Crippen molar-refractivity contribution in [2.75, 3.05) is 44.1 Å². The molecule has 5 rings (SSSR count). The Labute approximate surface area is 178 Å². The van der Waals surface area contributed by atoms with Gasteiger partial charge in [0.1, 0.15) is 28.6 Å². The zero-order chi connectivity index (χ0) is 21.0. The molecular formula is C22H22N4O3S. The van der Waals surface area contributed by atoms with E-state index in [0.717, 1.165) is 50.9 Å². The second-order valence-electron chi connectivity index (χ2n) is 7.67. The Balaban J connectivity index is 1.53. The maximum Gasteiger partial charge on any atom is 0.257 e. The van der Waals surface area contributed by atoms with E-state index >= 15 is 0 Å². The number of thiophene rings is 1. The molecule has 3 aromatic rings. The van der Waals surface area contributed by atoms with Crippen molar-refractivity contribution in [1.82, 2.24) is 9.88 Å². The van der Waals surface area contributed by atoms with Crippen molar-refractivity contribution in [3.8, 4) is 5.75 Å². The predicted molar refractivity (Wildman–Crippen MR) is 118 cm³/mol. The van der Waals surface area contributed by atoms with E-state index in [1.54, 1.807) is 37.4 Å². The van der Waals surface area contributed by atoms with Gasteiger partial charge in [-0.05, 0) is 30.2 Å². The van der Waals surface area contributed by atoms with Gasteiger partial charge in [0.15, 0.2) is 0 Å². The number of hydrogen-bond acceptors (Lipinski definition) is 6. The molecular weight excluding hydrogens is 400 g/mol. The molecule has 2 aromatic heterocycles. The number of amides is 2. The standard InChI is InChI=1S/C22H22N4O3S/c1-24-12-18(27)25(2)22-19(21(24)28)14-9-10-26(11-16(14)30-22)17-8-7-13-5-4-6-15(29-3)20(13)23-17/h4-8H,9-12H2,1-3H3. The highest BCUT2D eigenvalue weighted by molar-refractivity contribution is 7.17. The summed E-state index contributed by atoms with van der Waals surface area (Å²) < 4.78 is 5.48. The van der Waals surface area contributed by atoms with Crippen LogP contribution in [0.5, 0.6) is 5.75 Å². The quantitative estimate of drug-likeness (QED) is 0.635. The van der Waals surface area contributed by atoms with Crippen LogP contribution in [0, 0.1) is 0 Å². The molecule has 8 heteroatoms. The summed E-state index contributed by atoms with van der Waals surface area (Å²) in [5, 5.41) is 1.79. The molecule has 0 saturated heterocycles. The second kappa shape index (κ2) is 6.98. The lowest BCUT2D eigenvalue weighted by molar-refractivity contribution is -0.118. The third-order valence-corrected chi connectivity index (χ3v) is 7.16. The number of hydrogen-bond donors (Lipinski definition) is 0. The Kier molecular flexibility index (Phi) is 4.39. The Hall–Kier alpha value is -3.13. The summed E-state index contributed by atoms with van der Waals surface area (Å²) in [5.41, 5.74) is 2.61. The first-order valence-electron chi connectivity index (χ1n) is 9.83. The van der Waals surface area contributed by atoms with Gasteiger partial charge in [0, 0.05) is 30.9 Å². The minimum atomic E-state index is -0.0674. The Morgan fingerprint density at radius 3 is 2.73 bits per heavy atom. The van der Waals surface area contributed by atoms with Gasteiger partial charge in [0.25, 0.3) is 5.91 Å². The van der Waals surface area contributed by atoms with E-state index in [4.69, 9.17) is 9.72 Å². The maximum atomic E-state index is 12.9. The molecule has 2 aliphatic rings. The summed E-state index contributed by atoms with van der Waals surface area (Å²) in [7, 11) is 5.10. The summed E-state index contributed by atoms with van der Waals surface area (Å²) >= 11 is 1.54. The molecule has 7 nitrogen and oxygen atoms in total. The van der Waals surface area contributed by atoms with E-state index < -0.39 is 0 Å². The van der Waals surface area contributed by atoms with Crippen LogP contribution in [0.15, 0.2) is 30.3 Å². The van der Waals surface area contributed by atoms with E-state index in [1.807, 2.05) is 24.3 Å². The highest BCUT2D eigenvalue weighted by Gasteiger charge is 2.35. The number of benzene rings is 1. The van der Waals surface area contributed by atoms with Crippen molar-refractivity contribution in [3.63, 3.8) is 0 Å². The number of carbonyl (C=O) groups is 2. The zero-order valence-electron chi connectivity index (χ0n) is 17.1. The van der Waals surface area contributed by atoms with E-state index in [9.17, 15) is 9.59 Å². The number of fused-ring (bicyclic) bond motifs is 4. The lowest BCUT2D eigenvalue weighted by Gasteiger charge is -2.28. The van der Waals surface area contributed by atoms with Crippen LogP contribution in [-0.4, -0.2) is 56.0 Å². The topological polar surface area (TPSA) is 66.0 Å². The molecule has 0 fully saturated rings. The summed E-state index contributed by atoms with van der Waals surface area (Å²) in [4.78, 5) is 36.7. The van der Waals surface area contributed by atoms with Crippen molar-refractivity contribution in [1.29, 1.82) is 0 Å². The van der Waals surface area contributed by atoms with Crippen molar-refractivity contribution >= 4 is 44.9 Å². The highest BCUT2D eigenvalue weighted by Crippen LogP contribution is 2.41. The summed E-state index contributed by atoms with van der Waals surface area (Å²) in [6.45, 7) is 1.54. The smallest absolute Gasteiger partial charge is 0.257 e. The number of nitrogens with zero attached hydrogens (tertiary/aromatic N) is 4. The predicted octanol–water partition coefficient (Wildman–Crippen LogP) is 2.92. The molecule has 0 atom stereocenters. The van der Waals surface area contributed by atoms with E-state index in [-0.39, 0.29) is 18.4 Å². The fraction of sp³-hybridized carbons (Fsp3) is 0.318. The van der Waals surface area contributed by atoms with Gasteiger partial charge in [-0.1, -0.05) is 12.1 Å². The van der Waals surface area contributed by atoms with E-state index in [1.165, 1.54) is 4.90 Å². The fourth-order valence-corrected chi connectivity index (χ4v) is 5.51. The van der Waals surface area contributed by atoms with E-state index in [0.29, 0.717) is 12.1 Å². The fourth-order valence-electron chi connectivity index (χ4n) is 4.18. The van der Waals surface area contributed by atoms with Gasteiger partial charge < -0.3 is 19.4 Å². The van der Waals surface area contributed by atoms with Crippen LogP contribution in [0.3, 0.4) is 0 Å². The van der Waals surface area contributed by atoms with Crippen LogP contribution in [0.2, 0.25) is 0 Å². The van der Waals surface area contributed by atoms with Crippen LogP contribution in [0.1, 0.15) is 20.8 Å². The first-order valence-corrected chi connectivity index (χ1v) is 10.6. The van der Waals surface area contributed by atoms with Gasteiger partial charge >= 0.3 is 0 Å². The first-order chi connectivity index (χ1) is 14.5. The first kappa shape index (κ1) is 18.9. The largest absolute Gasteiger partial charge is 0.494 e. The number of para-hydroxylation sites is 1. The monoisotopic (exact) mass is 422 g/mol. The molecule has 0 spiro atoms. The van der Waals surface area contributed by atoms with Crippen LogP contribution >= 0.6 is 11.3 Å². The normalized spacial score (nSPS) is 16.6. The Morgan fingerprint density at radius 1 is 1.10 bits per heavy atom. The Bertz CT molecular complexity index is 1190. The minimum Gasteiger partial charge on any atom is -0.494 e. The molecule has 4 heterocycles. The van der Waals surface area contributed by atoms with Gasteiger partial charge in [-0.25, -0.2) is 4.98 Å². The molecule has 0 radical (unpaired) electrons. The lowest BCUT2D eigenvalue weighted by Crippen LogP contribution is -2.36. The molecule has 30 heavy (non-hydrogen) atoms. The summed E-state index contributed by atoms with van der Waals surface area (Å²) in [6.07, 6.45) is 0.744. The average molecular weight is 423 g/mol. The molecule has 0 N–H and O–H groups in total. The molecule has 0 unspecified atom stereocenters. The number of ether oxygens (including phenoxy) is 1. The molecule has 154 valence electrons. The van der Waals surface area contributed by atoms with Gasteiger partial charge in [-0.3, -0.25) is 9.59 Å². The number of carbonyl (C=O) groups excluding carboxylic acids is 2. The van der Waals surface area contributed by atoms with Gasteiger partial charge in [0.05, 0.1) is 19.2 Å². The van der Waals surface area contributed by atoms with Gasteiger partial charge in [-0.2, -0.15) is 0 Å². The second-order valence-corrected chi connectivity index (χ2v) is 8.75. The minimum absolute atomic E-state index is 0.0663. The summed E-state index contributed by atoms with van der Waals surface area (Å²) in [5.74, 6) is 1.50. The van der Waals surface area contributed by atoms with Crippen molar-refractivity contribution < 1.29 is 14.3 Å². The van der Waals surface area contributed by atoms with Crippen molar-refractivity contribution in [2.45, 2.75) is 13.0 Å². The number of rotatable bonds is 2. The molecule has 0 aliphatic carbocycles. The summed E-state index contributed by atoms with van der Waals surface area (Å²) in [6, 6.07) is 9.98. The van der Waals surface area contributed by atoms with Gasteiger partial charge in [0.2, 0.25) is 5.91 Å². The highest BCUT2D eigenvalue weighted by atomic mass is 32.1. The van der Waals surface area contributed by atoms with Crippen LogP contribution < -0.4 is 14.5 Å². The average Bonchev–Trinajstić information content (AvgIpc) is 3.12. The van der Waals surface area contributed by atoms with Crippen LogP contribution in [0.4, 0.5) is 10.8 Å². The third-order valence-electron chi connectivity index (χ3n) is 5.86. The Morgan fingerprint density at radius 2 is 1.93 bits per heavy atom. The van der Waals surface area contributed by atoms with Crippen molar-refractivity contribution in [3.05, 3.63) is 46.3 Å². The zero-order valence-corrected chi connectivity index (χ0v) is 18.0. The number of anilines is 2. The molecule has 0 saturated carbocycles. The third kappa shape index (κ3) is 2.82. The number of aromatic nitrogens is 1.